The lowest BCUT2D eigenvalue weighted by Gasteiger charge is -2.16. The number of rotatable bonds is 4. The summed E-state index contributed by atoms with van der Waals surface area (Å²) in [7, 11) is 0. The van der Waals surface area contributed by atoms with E-state index in [1.807, 2.05) is 29.9 Å². The molecule has 21 heavy (non-hydrogen) atoms. The smallest absolute Gasteiger partial charge is 0.335 e. The Balaban J connectivity index is 2.01. The molecule has 2 aromatic heterocycles. The van der Waals surface area contributed by atoms with Crippen molar-refractivity contribution in [3.8, 4) is 0 Å². The number of carboxylic acids is 1. The van der Waals surface area contributed by atoms with Crippen molar-refractivity contribution in [3.05, 3.63) is 48.0 Å². The van der Waals surface area contributed by atoms with Crippen LogP contribution in [0.15, 0.2) is 36.7 Å². The largest absolute Gasteiger partial charge is 0.478 e. The van der Waals surface area contributed by atoms with Gasteiger partial charge in [-0.15, -0.1) is 0 Å². The summed E-state index contributed by atoms with van der Waals surface area (Å²) in [6, 6.07) is 7.11. The molecule has 0 radical (unpaired) electrons. The number of aromatic nitrogens is 4. The van der Waals surface area contributed by atoms with Gasteiger partial charge in [0.2, 0.25) is 0 Å². The van der Waals surface area contributed by atoms with Crippen LogP contribution in [0.4, 0.5) is 0 Å². The second kappa shape index (κ2) is 5.05. The molecule has 0 aliphatic rings. The minimum atomic E-state index is -0.936. The Kier molecular flexibility index (Phi) is 3.21. The molecule has 1 N–H and O–H groups in total. The maximum Gasteiger partial charge on any atom is 0.335 e. The topological polar surface area (TPSA) is 72.9 Å². The molecule has 6 nitrogen and oxygen atoms in total. The minimum Gasteiger partial charge on any atom is -0.478 e. The zero-order chi connectivity index (χ0) is 15.0. The first-order valence-corrected chi connectivity index (χ1v) is 6.75. The van der Waals surface area contributed by atoms with Crippen LogP contribution in [0, 0.1) is 6.92 Å². The summed E-state index contributed by atoms with van der Waals surface area (Å²) in [5.74, 6) is -0.0686. The van der Waals surface area contributed by atoms with Gasteiger partial charge in [-0.05, 0) is 38.1 Å². The van der Waals surface area contributed by atoms with Crippen molar-refractivity contribution in [2.75, 3.05) is 0 Å². The number of nitrogens with zero attached hydrogens (tertiary/aromatic N) is 4. The molecule has 0 aliphatic heterocycles. The molecule has 0 saturated carbocycles. The number of aryl methyl sites for hydroxylation is 1. The molecule has 1 aromatic carbocycles. The molecule has 0 aliphatic carbocycles. The van der Waals surface area contributed by atoms with Gasteiger partial charge >= 0.3 is 5.97 Å². The van der Waals surface area contributed by atoms with Gasteiger partial charge in [0.25, 0.3) is 0 Å². The van der Waals surface area contributed by atoms with Gasteiger partial charge in [0, 0.05) is 12.4 Å². The fourth-order valence-corrected chi connectivity index (χ4v) is 2.67. The molecule has 0 spiro atoms. The molecule has 0 saturated heterocycles. The lowest BCUT2D eigenvalue weighted by molar-refractivity contribution is 0.0697. The molecule has 0 fully saturated rings. The van der Waals surface area contributed by atoms with E-state index in [4.69, 9.17) is 5.11 Å². The molecule has 0 amide bonds. The summed E-state index contributed by atoms with van der Waals surface area (Å²) in [6.45, 7) is 4.76. The Morgan fingerprint density at radius 1 is 1.43 bits per heavy atom. The van der Waals surface area contributed by atoms with E-state index in [0.717, 1.165) is 17.9 Å². The van der Waals surface area contributed by atoms with E-state index in [0.29, 0.717) is 5.52 Å². The first kappa shape index (κ1) is 13.4. The molecule has 108 valence electrons. The van der Waals surface area contributed by atoms with Gasteiger partial charge < -0.3 is 9.67 Å². The summed E-state index contributed by atoms with van der Waals surface area (Å²) < 4.78 is 3.99. The van der Waals surface area contributed by atoms with E-state index in [1.54, 1.807) is 18.3 Å². The van der Waals surface area contributed by atoms with Crippen molar-refractivity contribution in [3.63, 3.8) is 0 Å². The first-order valence-electron chi connectivity index (χ1n) is 6.75. The summed E-state index contributed by atoms with van der Waals surface area (Å²) in [4.78, 5) is 15.5. The monoisotopic (exact) mass is 284 g/mol. The number of aromatic carboxylic acids is 1. The van der Waals surface area contributed by atoms with E-state index >= 15 is 0 Å². The lowest BCUT2D eigenvalue weighted by atomic mass is 10.2. The summed E-state index contributed by atoms with van der Waals surface area (Å²) in [5, 5.41) is 13.3. The van der Waals surface area contributed by atoms with Crippen LogP contribution in [0.3, 0.4) is 0 Å². The maximum absolute atomic E-state index is 11.0. The van der Waals surface area contributed by atoms with Crippen molar-refractivity contribution in [2.45, 2.75) is 26.4 Å². The predicted molar refractivity (Wildman–Crippen MR) is 78.4 cm³/mol. The quantitative estimate of drug-likeness (QED) is 0.799. The van der Waals surface area contributed by atoms with Gasteiger partial charge in [-0.3, -0.25) is 4.68 Å². The Labute approximate surface area is 121 Å². The standard InChI is InChI=1S/C15H16N4O2/c1-10(9-18-7-3-6-16-18)19-11(2)17-13-8-12(15(20)21)4-5-14(13)19/h3-8,10H,9H2,1-2H3,(H,20,21). The van der Waals surface area contributed by atoms with Gasteiger partial charge in [-0.25, -0.2) is 9.78 Å². The third-order valence-electron chi connectivity index (χ3n) is 3.56. The number of carbonyl (C=O) groups is 1. The number of benzene rings is 1. The third kappa shape index (κ3) is 2.40. The van der Waals surface area contributed by atoms with Gasteiger partial charge in [0.15, 0.2) is 0 Å². The molecule has 3 rings (SSSR count). The second-order valence-electron chi connectivity index (χ2n) is 5.11. The van der Waals surface area contributed by atoms with Crippen LogP contribution >= 0.6 is 0 Å². The number of hydrogen-bond donors (Lipinski definition) is 1. The Morgan fingerprint density at radius 3 is 2.90 bits per heavy atom. The van der Waals surface area contributed by atoms with Crippen LogP contribution in [-0.2, 0) is 6.54 Å². The van der Waals surface area contributed by atoms with E-state index < -0.39 is 5.97 Å². The second-order valence-corrected chi connectivity index (χ2v) is 5.11. The highest BCUT2D eigenvalue weighted by Crippen LogP contribution is 2.23. The molecular weight excluding hydrogens is 268 g/mol. The van der Waals surface area contributed by atoms with Crippen LogP contribution < -0.4 is 0 Å². The average molecular weight is 284 g/mol. The first-order chi connectivity index (χ1) is 10.1. The Bertz CT molecular complexity index is 789. The average Bonchev–Trinajstić information content (AvgIpc) is 3.03. The lowest BCUT2D eigenvalue weighted by Crippen LogP contribution is -2.14. The number of hydrogen-bond acceptors (Lipinski definition) is 3. The highest BCUT2D eigenvalue weighted by molar-refractivity contribution is 5.92. The molecule has 6 heteroatoms. The minimum absolute atomic E-state index is 0.172. The van der Waals surface area contributed by atoms with Crippen molar-refractivity contribution in [1.82, 2.24) is 19.3 Å². The zero-order valence-electron chi connectivity index (χ0n) is 11.9. The van der Waals surface area contributed by atoms with Crippen molar-refractivity contribution < 1.29 is 9.90 Å². The highest BCUT2D eigenvalue weighted by Gasteiger charge is 2.15. The van der Waals surface area contributed by atoms with Crippen molar-refractivity contribution in [2.24, 2.45) is 0 Å². The maximum atomic E-state index is 11.0. The summed E-state index contributed by atoms with van der Waals surface area (Å²) in [6.07, 6.45) is 3.68. The van der Waals surface area contributed by atoms with Crippen molar-refractivity contribution in [1.29, 1.82) is 0 Å². The van der Waals surface area contributed by atoms with E-state index in [9.17, 15) is 4.79 Å². The zero-order valence-corrected chi connectivity index (χ0v) is 11.9. The molecule has 3 aromatic rings. The van der Waals surface area contributed by atoms with Crippen LogP contribution in [0.25, 0.3) is 11.0 Å². The van der Waals surface area contributed by atoms with Gasteiger partial charge in [0.1, 0.15) is 5.82 Å². The normalized spacial score (nSPS) is 12.7. The SMILES string of the molecule is Cc1nc2cc(C(=O)O)ccc2n1C(C)Cn1cccn1. The fraction of sp³-hybridized carbons (Fsp3) is 0.267. The molecule has 1 unspecified atom stereocenters. The fourth-order valence-electron chi connectivity index (χ4n) is 2.67. The molecule has 2 heterocycles. The van der Waals surface area contributed by atoms with Crippen LogP contribution in [0.2, 0.25) is 0 Å². The third-order valence-corrected chi connectivity index (χ3v) is 3.56. The van der Waals surface area contributed by atoms with Crippen molar-refractivity contribution >= 4 is 17.0 Å². The number of carboxylic acid groups (broad SMARTS) is 1. The Hall–Kier alpha value is -2.63. The van der Waals surface area contributed by atoms with Gasteiger partial charge in [-0.1, -0.05) is 0 Å². The van der Waals surface area contributed by atoms with E-state index in [1.165, 1.54) is 0 Å². The molecule has 0 bridgehead atoms. The van der Waals surface area contributed by atoms with Crippen LogP contribution in [0.1, 0.15) is 29.1 Å². The molecule has 1 atom stereocenters. The summed E-state index contributed by atoms with van der Waals surface area (Å²) >= 11 is 0. The van der Waals surface area contributed by atoms with Gasteiger partial charge in [-0.2, -0.15) is 5.10 Å². The predicted octanol–water partition coefficient (Wildman–Crippen LogP) is 2.50. The number of fused-ring (bicyclic) bond motifs is 1. The van der Waals surface area contributed by atoms with Crippen LogP contribution in [0.5, 0.6) is 0 Å². The van der Waals surface area contributed by atoms with E-state index in [-0.39, 0.29) is 11.6 Å². The van der Waals surface area contributed by atoms with Gasteiger partial charge in [0.05, 0.1) is 29.2 Å². The van der Waals surface area contributed by atoms with Crippen LogP contribution in [-0.4, -0.2) is 30.4 Å². The Morgan fingerprint density at radius 2 is 2.24 bits per heavy atom. The summed E-state index contributed by atoms with van der Waals surface area (Å²) in [5.41, 5.74) is 1.91. The highest BCUT2D eigenvalue weighted by atomic mass is 16.4. The molecular formula is C15H16N4O2. The number of imidazole rings is 1. The van der Waals surface area contributed by atoms with E-state index in [2.05, 4.69) is 21.6 Å².